The summed E-state index contributed by atoms with van der Waals surface area (Å²) in [7, 11) is 0. The molecule has 0 atom stereocenters. The van der Waals surface area contributed by atoms with Crippen LogP contribution in [-0.4, -0.2) is 18.0 Å². The van der Waals surface area contributed by atoms with Crippen molar-refractivity contribution in [2.45, 2.75) is 12.1 Å². The molecule has 17 heavy (non-hydrogen) atoms. The van der Waals surface area contributed by atoms with Crippen molar-refractivity contribution in [3.8, 4) is 0 Å². The zero-order chi connectivity index (χ0) is 12.6. The summed E-state index contributed by atoms with van der Waals surface area (Å²) in [5, 5.41) is 13.5. The average Bonchev–Trinajstić information content (AvgIpc) is 2.13. The van der Waals surface area contributed by atoms with Gasteiger partial charge >= 0.3 is 6.18 Å². The summed E-state index contributed by atoms with van der Waals surface area (Å²) in [6, 6.07) is 2.76. The van der Waals surface area contributed by atoms with Gasteiger partial charge in [-0.3, -0.25) is 10.1 Å². The minimum absolute atomic E-state index is 0.0731. The zero-order valence-corrected chi connectivity index (χ0v) is 8.62. The van der Waals surface area contributed by atoms with E-state index in [1.165, 1.54) is 6.07 Å². The highest BCUT2D eigenvalue weighted by Crippen LogP contribution is 2.35. The predicted molar refractivity (Wildman–Crippen MR) is 53.7 cm³/mol. The van der Waals surface area contributed by atoms with E-state index in [0.717, 1.165) is 6.07 Å². The van der Waals surface area contributed by atoms with E-state index in [-0.39, 0.29) is 5.92 Å². The molecule has 0 unspecified atom stereocenters. The Hall–Kier alpha value is -1.63. The Morgan fingerprint density at radius 2 is 1.94 bits per heavy atom. The van der Waals surface area contributed by atoms with Gasteiger partial charge in [0.25, 0.3) is 5.69 Å². The molecule has 0 saturated carbocycles. The van der Waals surface area contributed by atoms with Gasteiger partial charge in [0.05, 0.1) is 10.5 Å². The number of alkyl halides is 3. The third kappa shape index (κ3) is 2.38. The van der Waals surface area contributed by atoms with Crippen LogP contribution in [0.3, 0.4) is 0 Å². The van der Waals surface area contributed by atoms with Gasteiger partial charge in [-0.05, 0) is 11.6 Å². The number of hydrogen-bond acceptors (Lipinski definition) is 3. The van der Waals surface area contributed by atoms with Crippen LogP contribution in [0.5, 0.6) is 0 Å². The maximum absolute atomic E-state index is 12.6. The molecule has 1 fully saturated rings. The van der Waals surface area contributed by atoms with Gasteiger partial charge in [-0.2, -0.15) is 13.2 Å². The van der Waals surface area contributed by atoms with Crippen LogP contribution in [0.4, 0.5) is 18.9 Å². The molecule has 92 valence electrons. The molecule has 7 heteroatoms. The van der Waals surface area contributed by atoms with E-state index in [2.05, 4.69) is 5.32 Å². The van der Waals surface area contributed by atoms with Crippen LogP contribution in [0.1, 0.15) is 17.0 Å². The van der Waals surface area contributed by atoms with Crippen molar-refractivity contribution >= 4 is 5.69 Å². The van der Waals surface area contributed by atoms with E-state index in [1.54, 1.807) is 0 Å². The Balaban J connectivity index is 2.45. The number of rotatable bonds is 2. The Bertz CT molecular complexity index is 455. The highest BCUT2D eigenvalue weighted by atomic mass is 19.4. The lowest BCUT2D eigenvalue weighted by atomic mass is 9.92. The molecule has 0 radical (unpaired) electrons. The molecule has 1 aliphatic rings. The van der Waals surface area contributed by atoms with E-state index in [4.69, 9.17) is 0 Å². The van der Waals surface area contributed by atoms with Gasteiger partial charge in [-0.1, -0.05) is 0 Å². The molecule has 0 aliphatic carbocycles. The lowest BCUT2D eigenvalue weighted by Crippen LogP contribution is -2.40. The minimum atomic E-state index is -4.56. The summed E-state index contributed by atoms with van der Waals surface area (Å²) in [4.78, 5) is 9.78. The van der Waals surface area contributed by atoms with E-state index in [0.29, 0.717) is 24.7 Å². The molecule has 2 rings (SSSR count). The summed E-state index contributed by atoms with van der Waals surface area (Å²) in [6.45, 7) is 1.11. The first kappa shape index (κ1) is 11.8. The standard InChI is InChI=1S/C10H9F3N2O2/c11-10(12,13)8-1-6(7-4-14-5-7)2-9(3-8)15(16)17/h1-3,7,14H,4-5H2. The minimum Gasteiger partial charge on any atom is -0.315 e. The molecule has 1 N–H and O–H groups in total. The zero-order valence-electron chi connectivity index (χ0n) is 8.62. The van der Waals surface area contributed by atoms with Gasteiger partial charge in [0.2, 0.25) is 0 Å². The number of benzene rings is 1. The van der Waals surface area contributed by atoms with Crippen LogP contribution < -0.4 is 5.32 Å². The second kappa shape index (κ2) is 3.99. The van der Waals surface area contributed by atoms with Crippen molar-refractivity contribution in [2.24, 2.45) is 0 Å². The van der Waals surface area contributed by atoms with E-state index < -0.39 is 22.4 Å². The van der Waals surface area contributed by atoms with Crippen molar-refractivity contribution in [2.75, 3.05) is 13.1 Å². The topological polar surface area (TPSA) is 55.2 Å². The maximum Gasteiger partial charge on any atom is 0.416 e. The van der Waals surface area contributed by atoms with E-state index >= 15 is 0 Å². The predicted octanol–water partition coefficient (Wildman–Crippen LogP) is 2.30. The third-order valence-corrected chi connectivity index (χ3v) is 2.73. The molecule has 4 nitrogen and oxygen atoms in total. The number of nitro groups is 1. The van der Waals surface area contributed by atoms with Crippen LogP contribution in [0.25, 0.3) is 0 Å². The Kier molecular flexibility index (Phi) is 2.78. The van der Waals surface area contributed by atoms with Gasteiger partial charge in [0, 0.05) is 31.1 Å². The fraction of sp³-hybridized carbons (Fsp3) is 0.400. The Labute approximate surface area is 94.6 Å². The van der Waals surface area contributed by atoms with Gasteiger partial charge < -0.3 is 5.32 Å². The summed E-state index contributed by atoms with van der Waals surface area (Å²) in [5.74, 6) is -0.0731. The van der Waals surface area contributed by atoms with Gasteiger partial charge in [0.1, 0.15) is 0 Å². The molecule has 1 saturated heterocycles. The first-order chi connectivity index (χ1) is 7.88. The normalized spacial score (nSPS) is 16.6. The van der Waals surface area contributed by atoms with Crippen molar-refractivity contribution in [3.05, 3.63) is 39.4 Å². The largest absolute Gasteiger partial charge is 0.416 e. The van der Waals surface area contributed by atoms with E-state index in [9.17, 15) is 23.3 Å². The van der Waals surface area contributed by atoms with Crippen LogP contribution in [-0.2, 0) is 6.18 Å². The fourth-order valence-electron chi connectivity index (χ4n) is 1.66. The summed E-state index contributed by atoms with van der Waals surface area (Å²) >= 11 is 0. The number of halogens is 3. The highest BCUT2D eigenvalue weighted by molar-refractivity contribution is 5.42. The molecule has 1 aromatic rings. The van der Waals surface area contributed by atoms with Crippen molar-refractivity contribution in [1.29, 1.82) is 0 Å². The van der Waals surface area contributed by atoms with Crippen molar-refractivity contribution in [1.82, 2.24) is 5.32 Å². The molecule has 1 aliphatic heterocycles. The smallest absolute Gasteiger partial charge is 0.315 e. The van der Waals surface area contributed by atoms with Gasteiger partial charge in [-0.25, -0.2) is 0 Å². The highest BCUT2D eigenvalue weighted by Gasteiger charge is 2.34. The van der Waals surface area contributed by atoms with E-state index in [1.807, 2.05) is 0 Å². The lowest BCUT2D eigenvalue weighted by Gasteiger charge is -2.27. The Morgan fingerprint density at radius 3 is 2.35 bits per heavy atom. The fourth-order valence-corrected chi connectivity index (χ4v) is 1.66. The third-order valence-electron chi connectivity index (χ3n) is 2.73. The second-order valence-corrected chi connectivity index (χ2v) is 3.92. The number of nitrogens with one attached hydrogen (secondary N) is 1. The lowest BCUT2D eigenvalue weighted by molar-refractivity contribution is -0.385. The molecule has 1 aromatic carbocycles. The molecule has 0 amide bonds. The molecular weight excluding hydrogens is 237 g/mol. The molecular formula is C10H9F3N2O2. The first-order valence-corrected chi connectivity index (χ1v) is 4.95. The molecule has 0 spiro atoms. The monoisotopic (exact) mass is 246 g/mol. The quantitative estimate of drug-likeness (QED) is 0.643. The first-order valence-electron chi connectivity index (χ1n) is 4.95. The number of non-ortho nitro benzene ring substituents is 1. The van der Waals surface area contributed by atoms with Crippen LogP contribution in [0.2, 0.25) is 0 Å². The molecule has 0 bridgehead atoms. The van der Waals surface area contributed by atoms with Crippen molar-refractivity contribution in [3.63, 3.8) is 0 Å². The average molecular weight is 246 g/mol. The van der Waals surface area contributed by atoms with Gasteiger partial charge in [-0.15, -0.1) is 0 Å². The van der Waals surface area contributed by atoms with Crippen LogP contribution >= 0.6 is 0 Å². The number of nitro benzene ring substituents is 1. The Morgan fingerprint density at radius 1 is 1.29 bits per heavy atom. The summed E-state index contributed by atoms with van der Waals surface area (Å²) in [6.07, 6.45) is -4.56. The molecule has 1 heterocycles. The van der Waals surface area contributed by atoms with Crippen molar-refractivity contribution < 1.29 is 18.1 Å². The SMILES string of the molecule is O=[N+]([O-])c1cc(C2CNC2)cc(C(F)(F)F)c1. The van der Waals surface area contributed by atoms with Crippen LogP contribution in [0.15, 0.2) is 18.2 Å². The summed E-state index contributed by atoms with van der Waals surface area (Å²) in [5.41, 5.74) is -1.11. The van der Waals surface area contributed by atoms with Gasteiger partial charge in [0.15, 0.2) is 0 Å². The maximum atomic E-state index is 12.6. The number of nitrogens with zero attached hydrogens (tertiary/aromatic N) is 1. The summed E-state index contributed by atoms with van der Waals surface area (Å²) < 4.78 is 37.7. The second-order valence-electron chi connectivity index (χ2n) is 3.92. The molecule has 0 aromatic heterocycles. The van der Waals surface area contributed by atoms with Crippen LogP contribution in [0, 0.1) is 10.1 Å². The number of hydrogen-bond donors (Lipinski definition) is 1.